The van der Waals surface area contributed by atoms with Crippen LogP contribution in [0.15, 0.2) is 30.5 Å². The van der Waals surface area contributed by atoms with Crippen molar-refractivity contribution in [3.05, 3.63) is 35.5 Å². The van der Waals surface area contributed by atoms with Gasteiger partial charge in [0, 0.05) is 12.0 Å². The van der Waals surface area contributed by atoms with Crippen LogP contribution in [0, 0.1) is 0 Å². The lowest BCUT2D eigenvalue weighted by atomic mass is 10.1. The molecule has 0 saturated carbocycles. The Hall–Kier alpha value is -1.63. The number of fused-ring (bicyclic) bond motifs is 1. The number of aryl methyl sites for hydroxylation is 1. The summed E-state index contributed by atoms with van der Waals surface area (Å²) in [5.41, 5.74) is 7.38. The zero-order valence-electron chi connectivity index (χ0n) is 11.7. The first-order valence-corrected chi connectivity index (χ1v) is 7.32. The third-order valence-electron chi connectivity index (χ3n) is 3.06. The zero-order valence-corrected chi connectivity index (χ0v) is 13.3. The minimum absolute atomic E-state index is 0. The number of hydrogen-bond acceptors (Lipinski definition) is 5. The molecule has 0 aliphatic rings. The summed E-state index contributed by atoms with van der Waals surface area (Å²) < 4.78 is 7.20. The van der Waals surface area contributed by atoms with Crippen LogP contribution in [0.4, 0.5) is 0 Å². The number of aromatic nitrogens is 3. The average Bonchev–Trinajstić information content (AvgIpc) is 3.03. The van der Waals surface area contributed by atoms with Gasteiger partial charge < -0.3 is 10.5 Å². The highest BCUT2D eigenvalue weighted by Crippen LogP contribution is 2.30. The number of halogens is 1. The summed E-state index contributed by atoms with van der Waals surface area (Å²) in [7, 11) is 1.67. The van der Waals surface area contributed by atoms with E-state index in [1.807, 2.05) is 35.0 Å². The van der Waals surface area contributed by atoms with Crippen LogP contribution in [0.3, 0.4) is 0 Å². The average molecular weight is 325 g/mol. The third-order valence-corrected chi connectivity index (χ3v) is 4.05. The van der Waals surface area contributed by atoms with Crippen molar-refractivity contribution in [3.8, 4) is 17.0 Å². The second-order valence-corrected chi connectivity index (χ2v) is 5.48. The molecule has 0 bridgehead atoms. The van der Waals surface area contributed by atoms with E-state index >= 15 is 0 Å². The van der Waals surface area contributed by atoms with E-state index in [2.05, 4.69) is 10.1 Å². The van der Waals surface area contributed by atoms with Crippen molar-refractivity contribution in [2.45, 2.75) is 12.8 Å². The van der Waals surface area contributed by atoms with E-state index in [0.29, 0.717) is 6.54 Å². The molecule has 0 atom stereocenters. The number of hydrogen-bond donors (Lipinski definition) is 1. The zero-order chi connectivity index (χ0) is 13.9. The van der Waals surface area contributed by atoms with Crippen LogP contribution in [0.5, 0.6) is 5.75 Å². The summed E-state index contributed by atoms with van der Waals surface area (Å²) in [5.74, 6) is 0.821. The molecule has 3 aromatic rings. The molecule has 0 unspecified atom stereocenters. The van der Waals surface area contributed by atoms with Gasteiger partial charge >= 0.3 is 0 Å². The topological polar surface area (TPSA) is 65.4 Å². The van der Waals surface area contributed by atoms with Crippen LogP contribution in [0.1, 0.15) is 11.4 Å². The first-order valence-electron chi connectivity index (χ1n) is 6.50. The number of nitrogens with zero attached hydrogens (tertiary/aromatic N) is 3. The van der Waals surface area contributed by atoms with Crippen LogP contribution in [0.2, 0.25) is 0 Å². The van der Waals surface area contributed by atoms with Crippen molar-refractivity contribution >= 4 is 28.7 Å². The summed E-state index contributed by atoms with van der Waals surface area (Å²) in [6.45, 7) is 0.689. The lowest BCUT2D eigenvalue weighted by Crippen LogP contribution is -2.00. The highest BCUT2D eigenvalue weighted by Gasteiger charge is 2.12. The molecule has 2 aromatic heterocycles. The summed E-state index contributed by atoms with van der Waals surface area (Å²) in [5, 5.41) is 5.60. The number of imidazole rings is 1. The Labute approximate surface area is 133 Å². The third kappa shape index (κ3) is 3.18. The molecular formula is C14H17ClN4OS. The standard InChI is InChI=1S/C14H16N4OS.ClH/c1-19-12-6-3-2-5-10(12)11-9-18-14(16-11)20-13(17-18)7-4-8-15;/h2-3,5-6,9H,4,7-8,15H2,1H3;1H. The van der Waals surface area contributed by atoms with Crippen LogP contribution >= 0.6 is 23.7 Å². The molecule has 0 amide bonds. The Morgan fingerprint density at radius 3 is 2.86 bits per heavy atom. The number of benzene rings is 1. The molecule has 0 aliphatic carbocycles. The normalized spacial score (nSPS) is 10.6. The van der Waals surface area contributed by atoms with E-state index in [1.54, 1.807) is 18.4 Å². The van der Waals surface area contributed by atoms with E-state index in [9.17, 15) is 0 Å². The van der Waals surface area contributed by atoms with Gasteiger partial charge in [0.2, 0.25) is 4.96 Å². The predicted molar refractivity (Wildman–Crippen MR) is 87.5 cm³/mol. The molecule has 0 fully saturated rings. The molecule has 2 N–H and O–H groups in total. The molecule has 5 nitrogen and oxygen atoms in total. The van der Waals surface area contributed by atoms with E-state index < -0.39 is 0 Å². The SMILES string of the molecule is COc1ccccc1-c1cn2nc(CCCN)sc2n1.Cl. The molecule has 3 rings (SSSR count). The predicted octanol–water partition coefficient (Wildman–Crippen LogP) is 2.78. The summed E-state index contributed by atoms with van der Waals surface area (Å²) in [4.78, 5) is 5.53. The first kappa shape index (κ1) is 15.8. The van der Waals surface area contributed by atoms with Gasteiger partial charge in [0.05, 0.1) is 19.0 Å². The Balaban J connectivity index is 0.00000161. The second-order valence-electron chi connectivity index (χ2n) is 4.44. The maximum atomic E-state index is 5.52. The fourth-order valence-corrected chi connectivity index (χ4v) is 3.00. The van der Waals surface area contributed by atoms with Crippen molar-refractivity contribution in [2.75, 3.05) is 13.7 Å². The van der Waals surface area contributed by atoms with Gasteiger partial charge in [-0.3, -0.25) is 0 Å². The van der Waals surface area contributed by atoms with Gasteiger partial charge in [-0.1, -0.05) is 23.5 Å². The van der Waals surface area contributed by atoms with Gasteiger partial charge in [-0.15, -0.1) is 12.4 Å². The lowest BCUT2D eigenvalue weighted by Gasteiger charge is -2.04. The van der Waals surface area contributed by atoms with Gasteiger partial charge in [-0.2, -0.15) is 5.10 Å². The quantitative estimate of drug-likeness (QED) is 0.783. The summed E-state index contributed by atoms with van der Waals surface area (Å²) >= 11 is 1.61. The van der Waals surface area contributed by atoms with Gasteiger partial charge in [-0.05, 0) is 25.1 Å². The highest BCUT2D eigenvalue weighted by molar-refractivity contribution is 7.16. The van der Waals surface area contributed by atoms with Crippen LogP contribution in [-0.4, -0.2) is 28.3 Å². The maximum Gasteiger partial charge on any atom is 0.212 e. The molecule has 0 saturated heterocycles. The number of para-hydroxylation sites is 1. The van der Waals surface area contributed by atoms with Crippen LogP contribution < -0.4 is 10.5 Å². The molecule has 0 spiro atoms. The Bertz CT molecular complexity index is 693. The molecule has 2 heterocycles. The number of methoxy groups -OCH3 is 1. The van der Waals surface area contributed by atoms with E-state index in [4.69, 9.17) is 10.5 Å². The number of rotatable bonds is 5. The fraction of sp³-hybridized carbons (Fsp3) is 0.286. The molecule has 0 radical (unpaired) electrons. The van der Waals surface area contributed by atoms with E-state index in [1.165, 1.54) is 0 Å². The Morgan fingerprint density at radius 1 is 1.33 bits per heavy atom. The lowest BCUT2D eigenvalue weighted by molar-refractivity contribution is 0.416. The van der Waals surface area contributed by atoms with E-state index in [-0.39, 0.29) is 12.4 Å². The first-order chi connectivity index (χ1) is 9.81. The van der Waals surface area contributed by atoms with Crippen molar-refractivity contribution in [1.29, 1.82) is 0 Å². The van der Waals surface area contributed by atoms with Crippen molar-refractivity contribution in [3.63, 3.8) is 0 Å². The number of nitrogens with two attached hydrogens (primary N) is 1. The van der Waals surface area contributed by atoms with Crippen molar-refractivity contribution < 1.29 is 4.74 Å². The smallest absolute Gasteiger partial charge is 0.212 e. The van der Waals surface area contributed by atoms with Gasteiger partial charge in [0.25, 0.3) is 0 Å². The van der Waals surface area contributed by atoms with Crippen molar-refractivity contribution in [2.24, 2.45) is 5.73 Å². The number of ether oxygens (including phenoxy) is 1. The summed E-state index contributed by atoms with van der Waals surface area (Å²) in [6.07, 6.45) is 3.81. The maximum absolute atomic E-state index is 5.52. The Morgan fingerprint density at radius 2 is 2.14 bits per heavy atom. The van der Waals surface area contributed by atoms with Crippen LogP contribution in [-0.2, 0) is 6.42 Å². The molecular weight excluding hydrogens is 308 g/mol. The molecule has 112 valence electrons. The fourth-order valence-electron chi connectivity index (χ4n) is 2.08. The molecule has 0 aliphatic heterocycles. The van der Waals surface area contributed by atoms with Crippen LogP contribution in [0.25, 0.3) is 16.2 Å². The minimum atomic E-state index is 0. The molecule has 1 aromatic carbocycles. The summed E-state index contributed by atoms with van der Waals surface area (Å²) in [6, 6.07) is 7.86. The largest absolute Gasteiger partial charge is 0.496 e. The molecule has 21 heavy (non-hydrogen) atoms. The molecule has 7 heteroatoms. The van der Waals surface area contributed by atoms with Gasteiger partial charge in [0.1, 0.15) is 10.8 Å². The highest BCUT2D eigenvalue weighted by atomic mass is 35.5. The van der Waals surface area contributed by atoms with Gasteiger partial charge in [0.15, 0.2) is 0 Å². The van der Waals surface area contributed by atoms with Crippen molar-refractivity contribution in [1.82, 2.24) is 14.6 Å². The van der Waals surface area contributed by atoms with Gasteiger partial charge in [-0.25, -0.2) is 9.50 Å². The Kier molecular flexibility index (Phi) is 5.17. The second kappa shape index (κ2) is 6.89. The monoisotopic (exact) mass is 324 g/mol. The van der Waals surface area contributed by atoms with E-state index in [0.717, 1.165) is 39.8 Å². The minimum Gasteiger partial charge on any atom is -0.496 e.